The van der Waals surface area contributed by atoms with Gasteiger partial charge in [-0.1, -0.05) is 0 Å². The zero-order valence-electron chi connectivity index (χ0n) is 14.9. The largest absolute Gasteiger partial charge is 0.486 e. The van der Waals surface area contributed by atoms with Gasteiger partial charge in [0.25, 0.3) is 0 Å². The van der Waals surface area contributed by atoms with Crippen LogP contribution in [0.15, 0.2) is 24.3 Å². The molecule has 4 aliphatic heterocycles. The van der Waals surface area contributed by atoms with Crippen molar-refractivity contribution in [3.63, 3.8) is 0 Å². The minimum atomic E-state index is -1.27. The van der Waals surface area contributed by atoms with Gasteiger partial charge < -0.3 is 28.6 Å². The zero-order chi connectivity index (χ0) is 19.0. The number of hydrogen-bond donors (Lipinski definition) is 0. The first-order valence-electron chi connectivity index (χ1n) is 8.89. The molecule has 8 heteroatoms. The van der Waals surface area contributed by atoms with E-state index < -0.39 is 5.54 Å². The van der Waals surface area contributed by atoms with Crippen LogP contribution in [0, 0.1) is 0 Å². The molecule has 4 heterocycles. The van der Waals surface area contributed by atoms with Crippen molar-refractivity contribution in [2.45, 2.75) is 12.0 Å². The number of likely N-dealkylation sites (N-methyl/N-ethyl adjacent to an activating group) is 1. The number of benzene rings is 2. The van der Waals surface area contributed by atoms with Gasteiger partial charge in [0, 0.05) is 18.2 Å². The third-order valence-corrected chi connectivity index (χ3v) is 5.87. The summed E-state index contributed by atoms with van der Waals surface area (Å²) in [6, 6.07) is 6.90. The summed E-state index contributed by atoms with van der Waals surface area (Å²) in [7, 11) is 1.63. The molecule has 2 aromatic carbocycles. The van der Waals surface area contributed by atoms with Crippen molar-refractivity contribution in [3.8, 4) is 28.7 Å². The molecule has 0 bridgehead atoms. The predicted molar refractivity (Wildman–Crippen MR) is 93.1 cm³/mol. The second-order valence-corrected chi connectivity index (χ2v) is 7.15. The highest BCUT2D eigenvalue weighted by Crippen LogP contribution is 2.53. The van der Waals surface area contributed by atoms with Gasteiger partial charge in [0.2, 0.25) is 25.2 Å². The maximum Gasteiger partial charge on any atom is 0.231 e. The Hall–Kier alpha value is -3.42. The average Bonchev–Trinajstić information content (AvgIpc) is 3.41. The van der Waals surface area contributed by atoms with Gasteiger partial charge in [-0.15, -0.1) is 0 Å². The van der Waals surface area contributed by atoms with E-state index in [-0.39, 0.29) is 38.3 Å². The second-order valence-electron chi connectivity index (χ2n) is 7.15. The van der Waals surface area contributed by atoms with Gasteiger partial charge in [0.15, 0.2) is 34.3 Å². The highest BCUT2D eigenvalue weighted by Gasteiger charge is 2.56. The van der Waals surface area contributed by atoms with Crippen LogP contribution in [0.4, 0.5) is 0 Å². The van der Waals surface area contributed by atoms with Crippen molar-refractivity contribution in [3.05, 3.63) is 41.0 Å². The van der Waals surface area contributed by atoms with Gasteiger partial charge in [-0.25, -0.2) is 0 Å². The number of nitrogens with zero attached hydrogens (tertiary/aromatic N) is 1. The van der Waals surface area contributed by atoms with E-state index in [0.717, 1.165) is 0 Å². The Bertz CT molecular complexity index is 1080. The maximum absolute atomic E-state index is 13.8. The molecular weight excluding hydrogens is 366 g/mol. The SMILES string of the molecule is CN1C(=O)Cc2cc3c(cc2C(=O)C12COc1c2ccc2c1OCO2)OCO3. The lowest BCUT2D eigenvalue weighted by atomic mass is 9.82. The fraction of sp³-hybridized carbons (Fsp3) is 0.300. The minimum absolute atomic E-state index is 0.0110. The number of amides is 1. The van der Waals surface area contributed by atoms with Crippen LogP contribution >= 0.6 is 0 Å². The predicted octanol–water partition coefficient (Wildman–Crippen LogP) is 1.63. The van der Waals surface area contributed by atoms with Gasteiger partial charge in [-0.3, -0.25) is 9.59 Å². The Morgan fingerprint density at radius 3 is 2.50 bits per heavy atom. The van der Waals surface area contributed by atoms with Crippen LogP contribution in [0.3, 0.4) is 0 Å². The number of ketones is 1. The second kappa shape index (κ2) is 5.09. The Balaban J connectivity index is 1.59. The summed E-state index contributed by atoms with van der Waals surface area (Å²) >= 11 is 0. The molecule has 0 saturated carbocycles. The van der Waals surface area contributed by atoms with Crippen molar-refractivity contribution in [1.29, 1.82) is 0 Å². The summed E-state index contributed by atoms with van der Waals surface area (Å²) in [5.41, 5.74) is 0.392. The lowest BCUT2D eigenvalue weighted by Crippen LogP contribution is -2.53. The Kier molecular flexibility index (Phi) is 2.84. The fourth-order valence-electron chi connectivity index (χ4n) is 4.35. The molecule has 1 atom stereocenters. The molecule has 2 aromatic rings. The van der Waals surface area contributed by atoms with Crippen LogP contribution in [0.5, 0.6) is 28.7 Å². The monoisotopic (exact) mass is 381 g/mol. The molecule has 0 fully saturated rings. The fourth-order valence-corrected chi connectivity index (χ4v) is 4.35. The zero-order valence-corrected chi connectivity index (χ0v) is 14.9. The van der Waals surface area contributed by atoms with Gasteiger partial charge in [-0.05, 0) is 29.8 Å². The molecule has 1 spiro atoms. The Morgan fingerprint density at radius 2 is 1.64 bits per heavy atom. The normalized spacial score (nSPS) is 23.5. The number of Topliss-reactive ketones (excluding diaryl/α,β-unsaturated/α-hetero) is 1. The summed E-state index contributed by atoms with van der Waals surface area (Å²) in [5.74, 6) is 2.14. The number of carbonyl (C=O) groups excluding carboxylic acids is 2. The minimum Gasteiger partial charge on any atom is -0.486 e. The van der Waals surface area contributed by atoms with Crippen molar-refractivity contribution in [2.75, 3.05) is 27.2 Å². The number of fused-ring (bicyclic) bond motifs is 6. The van der Waals surface area contributed by atoms with Gasteiger partial charge in [0.05, 0.1) is 6.42 Å². The molecule has 0 aromatic heterocycles. The molecule has 4 aliphatic rings. The summed E-state index contributed by atoms with van der Waals surface area (Å²) < 4.78 is 27.7. The quantitative estimate of drug-likeness (QED) is 0.686. The molecule has 142 valence electrons. The van der Waals surface area contributed by atoms with Crippen LogP contribution in [0.2, 0.25) is 0 Å². The third-order valence-electron chi connectivity index (χ3n) is 5.87. The highest BCUT2D eigenvalue weighted by atomic mass is 16.7. The van der Waals surface area contributed by atoms with Crippen molar-refractivity contribution in [1.82, 2.24) is 4.90 Å². The topological polar surface area (TPSA) is 83.5 Å². The van der Waals surface area contributed by atoms with E-state index in [1.165, 1.54) is 4.90 Å². The van der Waals surface area contributed by atoms with Gasteiger partial charge in [0.1, 0.15) is 6.61 Å². The van der Waals surface area contributed by atoms with E-state index in [1.807, 2.05) is 0 Å². The summed E-state index contributed by atoms with van der Waals surface area (Å²) in [4.78, 5) is 28.3. The van der Waals surface area contributed by atoms with E-state index in [9.17, 15) is 9.59 Å². The summed E-state index contributed by atoms with van der Waals surface area (Å²) in [6.45, 7) is 0.203. The molecule has 1 unspecified atom stereocenters. The van der Waals surface area contributed by atoms with E-state index >= 15 is 0 Å². The van der Waals surface area contributed by atoms with Crippen molar-refractivity contribution >= 4 is 11.7 Å². The van der Waals surface area contributed by atoms with Crippen molar-refractivity contribution in [2.24, 2.45) is 0 Å². The number of ether oxygens (including phenoxy) is 5. The Morgan fingerprint density at radius 1 is 0.893 bits per heavy atom. The smallest absolute Gasteiger partial charge is 0.231 e. The number of carbonyl (C=O) groups is 2. The molecule has 0 aliphatic carbocycles. The molecule has 1 amide bonds. The summed E-state index contributed by atoms with van der Waals surface area (Å²) in [5, 5.41) is 0. The standard InChI is InChI=1S/C20H15NO7/c1-21-16(22)5-10-4-14-15(27-8-26-14)6-11(10)19(23)20(21)7-24-17-12(20)2-3-13-18(17)28-9-25-13/h2-4,6H,5,7-9H2,1H3. The highest BCUT2D eigenvalue weighted by molar-refractivity contribution is 6.10. The lowest BCUT2D eigenvalue weighted by Gasteiger charge is -2.34. The first-order valence-corrected chi connectivity index (χ1v) is 8.89. The van der Waals surface area contributed by atoms with Gasteiger partial charge >= 0.3 is 0 Å². The number of rotatable bonds is 0. The van der Waals surface area contributed by atoms with E-state index in [0.29, 0.717) is 45.4 Å². The first kappa shape index (κ1) is 15.6. The van der Waals surface area contributed by atoms with E-state index in [2.05, 4.69) is 0 Å². The molecular formula is C20H15NO7. The van der Waals surface area contributed by atoms with Crippen LogP contribution in [-0.2, 0) is 16.8 Å². The number of hydrogen-bond acceptors (Lipinski definition) is 7. The van der Waals surface area contributed by atoms with Crippen LogP contribution in [0.1, 0.15) is 21.5 Å². The third kappa shape index (κ3) is 1.75. The first-order chi connectivity index (χ1) is 13.6. The Labute approximate surface area is 159 Å². The average molecular weight is 381 g/mol. The molecule has 0 radical (unpaired) electrons. The van der Waals surface area contributed by atoms with Crippen molar-refractivity contribution < 1.29 is 33.3 Å². The van der Waals surface area contributed by atoms with Gasteiger partial charge in [-0.2, -0.15) is 0 Å². The maximum atomic E-state index is 13.8. The molecule has 0 N–H and O–H groups in total. The van der Waals surface area contributed by atoms with E-state index in [1.54, 1.807) is 31.3 Å². The van der Waals surface area contributed by atoms with Crippen LogP contribution in [-0.4, -0.2) is 43.8 Å². The molecule has 28 heavy (non-hydrogen) atoms. The van der Waals surface area contributed by atoms with Crippen LogP contribution < -0.4 is 23.7 Å². The van der Waals surface area contributed by atoms with Crippen LogP contribution in [0.25, 0.3) is 0 Å². The lowest BCUT2D eigenvalue weighted by molar-refractivity contribution is -0.133. The van der Waals surface area contributed by atoms with E-state index in [4.69, 9.17) is 23.7 Å². The summed E-state index contributed by atoms with van der Waals surface area (Å²) in [6.07, 6.45) is 0.0931. The molecule has 8 nitrogen and oxygen atoms in total. The molecule has 0 saturated heterocycles. The molecule has 6 rings (SSSR count).